The van der Waals surface area contributed by atoms with Crippen molar-refractivity contribution in [2.75, 3.05) is 13.7 Å². The van der Waals surface area contributed by atoms with Crippen LogP contribution in [-0.4, -0.2) is 98.5 Å². The summed E-state index contributed by atoms with van der Waals surface area (Å²) in [4.78, 5) is 11.6. The highest BCUT2D eigenvalue weighted by atomic mass is 16.7. The fourth-order valence-electron chi connectivity index (χ4n) is 2.85. The highest BCUT2D eigenvalue weighted by Gasteiger charge is 2.55. The maximum absolute atomic E-state index is 11.6. The topological polar surface area (TPSA) is 207 Å². The van der Waals surface area contributed by atoms with E-state index in [1.54, 1.807) is 6.92 Å². The van der Waals surface area contributed by atoms with Gasteiger partial charge in [-0.3, -0.25) is 5.32 Å². The van der Waals surface area contributed by atoms with Gasteiger partial charge in [0.15, 0.2) is 0 Å². The van der Waals surface area contributed by atoms with E-state index in [1.807, 2.05) is 0 Å². The zero-order valence-corrected chi connectivity index (χ0v) is 15.2. The number of hydrogen-bond donors (Lipinski definition) is 8. The summed E-state index contributed by atoms with van der Waals surface area (Å²) in [6.45, 7) is 0.834. The molecule has 0 bridgehead atoms. The second-order valence-electron chi connectivity index (χ2n) is 6.47. The first-order valence-electron chi connectivity index (χ1n) is 8.40. The average Bonchev–Trinajstić information content (AvgIpc) is 2.65. The van der Waals surface area contributed by atoms with E-state index in [-0.39, 0.29) is 6.42 Å². The van der Waals surface area contributed by atoms with Crippen molar-refractivity contribution >= 4 is 11.7 Å². The van der Waals surface area contributed by atoms with E-state index in [0.717, 1.165) is 7.11 Å². The summed E-state index contributed by atoms with van der Waals surface area (Å²) in [7, 11) is 1.06. The van der Waals surface area contributed by atoms with Crippen molar-refractivity contribution < 1.29 is 44.9 Å². The maximum Gasteiger partial charge on any atom is 0.364 e. The van der Waals surface area contributed by atoms with Gasteiger partial charge in [0.2, 0.25) is 0 Å². The Morgan fingerprint density at radius 1 is 1.44 bits per heavy atom. The molecule has 158 valence electrons. The number of rotatable bonds is 10. The molecule has 1 fully saturated rings. The molecule has 27 heavy (non-hydrogen) atoms. The first-order valence-corrected chi connectivity index (χ1v) is 8.40. The zero-order chi connectivity index (χ0) is 20.8. The SMILES string of the molecule is CO[C@]1(C(=O)O)C[C@H](O)[C@@H](NC(O)CC/C(C)=N\N)C([C@H](O)[C@H](O)CO)O1. The van der Waals surface area contributed by atoms with E-state index in [0.29, 0.717) is 12.1 Å². The number of carboxylic acids is 1. The summed E-state index contributed by atoms with van der Waals surface area (Å²) in [6.07, 6.45) is -7.53. The minimum atomic E-state index is -2.26. The Morgan fingerprint density at radius 3 is 2.56 bits per heavy atom. The normalized spacial score (nSPS) is 32.7. The van der Waals surface area contributed by atoms with Crippen LogP contribution in [0.2, 0.25) is 0 Å². The molecule has 1 aliphatic rings. The van der Waals surface area contributed by atoms with Crippen LogP contribution < -0.4 is 11.2 Å². The lowest BCUT2D eigenvalue weighted by Gasteiger charge is -2.46. The Kier molecular flexibility index (Phi) is 8.98. The van der Waals surface area contributed by atoms with Crippen LogP contribution in [0.1, 0.15) is 26.2 Å². The summed E-state index contributed by atoms with van der Waals surface area (Å²) in [5, 5.41) is 65.1. The van der Waals surface area contributed by atoms with Gasteiger partial charge in [0.05, 0.1) is 18.8 Å². The molecule has 0 aromatic carbocycles. The lowest BCUT2D eigenvalue weighted by molar-refractivity contribution is -0.306. The first-order chi connectivity index (χ1) is 12.6. The maximum atomic E-state index is 11.6. The minimum Gasteiger partial charge on any atom is -0.477 e. The molecule has 1 rings (SSSR count). The van der Waals surface area contributed by atoms with Crippen LogP contribution in [0.3, 0.4) is 0 Å². The highest BCUT2D eigenvalue weighted by molar-refractivity contribution is 5.81. The van der Waals surface area contributed by atoms with Gasteiger partial charge < -0.3 is 46.0 Å². The standard InChI is InChI=1S/C15H29N3O9/c1-7(18-16)3-4-10(22)17-11-8(20)5-15(26-2,14(24)25)27-13(11)12(23)9(21)6-19/h8-13,17,19-23H,3-6,16H2,1-2H3,(H,24,25)/b18-7-/t8-,9+,10?,11+,12+,13?,15+/m0/s1. The molecule has 1 aliphatic heterocycles. The predicted molar refractivity (Wildman–Crippen MR) is 91.4 cm³/mol. The Labute approximate surface area is 156 Å². The smallest absolute Gasteiger partial charge is 0.364 e. The fourth-order valence-corrected chi connectivity index (χ4v) is 2.85. The lowest BCUT2D eigenvalue weighted by Crippen LogP contribution is -2.68. The van der Waals surface area contributed by atoms with E-state index >= 15 is 0 Å². The molecule has 12 heteroatoms. The molecule has 0 saturated carbocycles. The van der Waals surface area contributed by atoms with Crippen LogP contribution >= 0.6 is 0 Å². The average molecular weight is 395 g/mol. The highest BCUT2D eigenvalue weighted by Crippen LogP contribution is 2.33. The minimum absolute atomic E-state index is 0.162. The molecule has 9 N–H and O–H groups in total. The van der Waals surface area contributed by atoms with Gasteiger partial charge in [-0.25, -0.2) is 4.79 Å². The largest absolute Gasteiger partial charge is 0.477 e. The third kappa shape index (κ3) is 5.80. The summed E-state index contributed by atoms with van der Waals surface area (Å²) in [6, 6.07) is -1.16. The van der Waals surface area contributed by atoms with Gasteiger partial charge in [0, 0.05) is 19.2 Å². The number of methoxy groups -OCH3 is 1. The number of hydrogen-bond acceptors (Lipinski definition) is 11. The van der Waals surface area contributed by atoms with Gasteiger partial charge in [-0.15, -0.1) is 0 Å². The van der Waals surface area contributed by atoms with Crippen molar-refractivity contribution in [3.8, 4) is 0 Å². The van der Waals surface area contributed by atoms with Crippen LogP contribution in [0.15, 0.2) is 5.10 Å². The van der Waals surface area contributed by atoms with Gasteiger partial charge in [0.25, 0.3) is 5.79 Å². The number of nitrogens with two attached hydrogens (primary N) is 1. The Hall–Kier alpha value is -1.38. The first kappa shape index (κ1) is 23.7. The van der Waals surface area contributed by atoms with Crippen LogP contribution in [0.5, 0.6) is 0 Å². The number of aliphatic carboxylic acids is 1. The molecule has 0 aromatic rings. The quantitative estimate of drug-likeness (QED) is 0.0794. The second kappa shape index (κ2) is 10.2. The third-order valence-electron chi connectivity index (χ3n) is 4.53. The summed E-state index contributed by atoms with van der Waals surface area (Å²) in [5.74, 6) is 1.33. The van der Waals surface area contributed by atoms with Gasteiger partial charge in [0.1, 0.15) is 24.5 Å². The monoisotopic (exact) mass is 395 g/mol. The van der Waals surface area contributed by atoms with E-state index < -0.39 is 61.5 Å². The van der Waals surface area contributed by atoms with Crippen molar-refractivity contribution in [1.29, 1.82) is 0 Å². The molecule has 7 atom stereocenters. The van der Waals surface area contributed by atoms with Crippen molar-refractivity contribution in [3.05, 3.63) is 0 Å². The molecule has 0 spiro atoms. The lowest BCUT2D eigenvalue weighted by atomic mass is 9.88. The van der Waals surface area contributed by atoms with Gasteiger partial charge in [-0.1, -0.05) is 0 Å². The van der Waals surface area contributed by atoms with Crippen LogP contribution in [0, 0.1) is 0 Å². The molecule has 1 saturated heterocycles. The molecule has 0 aromatic heterocycles. The number of carbonyl (C=O) groups is 1. The third-order valence-corrected chi connectivity index (χ3v) is 4.53. The Balaban J connectivity index is 3.03. The van der Waals surface area contributed by atoms with E-state index in [4.69, 9.17) is 20.4 Å². The molecular formula is C15H29N3O9. The summed E-state index contributed by atoms with van der Waals surface area (Å²) < 4.78 is 10.3. The van der Waals surface area contributed by atoms with Crippen molar-refractivity contribution in [1.82, 2.24) is 5.32 Å². The Bertz CT molecular complexity index is 521. The van der Waals surface area contributed by atoms with Crippen molar-refractivity contribution in [2.24, 2.45) is 10.9 Å². The fraction of sp³-hybridized carbons (Fsp3) is 0.867. The number of ether oxygens (including phenoxy) is 2. The molecule has 0 amide bonds. The van der Waals surface area contributed by atoms with Crippen LogP contribution in [0.4, 0.5) is 0 Å². The molecular weight excluding hydrogens is 366 g/mol. The number of nitrogens with zero attached hydrogens (tertiary/aromatic N) is 1. The summed E-state index contributed by atoms with van der Waals surface area (Å²) >= 11 is 0. The molecule has 0 aliphatic carbocycles. The number of aliphatic hydroxyl groups excluding tert-OH is 5. The van der Waals surface area contributed by atoms with Crippen molar-refractivity contribution in [3.63, 3.8) is 0 Å². The Morgan fingerprint density at radius 2 is 2.07 bits per heavy atom. The van der Waals surface area contributed by atoms with Gasteiger partial charge >= 0.3 is 5.97 Å². The molecule has 0 radical (unpaired) electrons. The van der Waals surface area contributed by atoms with Crippen LogP contribution in [-0.2, 0) is 14.3 Å². The van der Waals surface area contributed by atoms with Crippen molar-refractivity contribution in [2.45, 2.75) is 68.7 Å². The zero-order valence-electron chi connectivity index (χ0n) is 15.2. The van der Waals surface area contributed by atoms with E-state index in [2.05, 4.69) is 10.4 Å². The number of nitrogens with one attached hydrogen (secondary N) is 1. The molecule has 1 heterocycles. The summed E-state index contributed by atoms with van der Waals surface area (Å²) in [5.41, 5.74) is 0.577. The van der Waals surface area contributed by atoms with E-state index in [1.165, 1.54) is 0 Å². The number of hydrazone groups is 1. The predicted octanol–water partition coefficient (Wildman–Crippen LogP) is -3.33. The number of carboxylic acid groups (broad SMARTS) is 1. The van der Waals surface area contributed by atoms with Gasteiger partial charge in [-0.05, 0) is 19.8 Å². The second-order valence-corrected chi connectivity index (χ2v) is 6.47. The van der Waals surface area contributed by atoms with Crippen LogP contribution in [0.25, 0.3) is 0 Å². The van der Waals surface area contributed by atoms with Gasteiger partial charge in [-0.2, -0.15) is 5.10 Å². The van der Waals surface area contributed by atoms with E-state index in [9.17, 15) is 30.3 Å². The molecule has 2 unspecified atom stereocenters. The number of aliphatic hydroxyl groups is 5. The molecule has 12 nitrogen and oxygen atoms in total.